The summed E-state index contributed by atoms with van der Waals surface area (Å²) in [4.78, 5) is 25.5. The molecular weight excluding hydrogens is 313 g/mol. The fourth-order valence-electron chi connectivity index (χ4n) is 2.24. The Hall–Kier alpha value is -1.46. The minimum absolute atomic E-state index is 0.0241. The third-order valence-electron chi connectivity index (χ3n) is 3.37. The number of carbonyl (C=O) groups excluding carboxylic acids is 2. The lowest BCUT2D eigenvalue weighted by atomic mass is 10.2. The summed E-state index contributed by atoms with van der Waals surface area (Å²) >= 11 is 11.8. The number of benzene rings is 1. The molecule has 0 aromatic heterocycles. The molecule has 1 aromatic rings. The normalized spacial score (nSPS) is 15.7. The summed E-state index contributed by atoms with van der Waals surface area (Å²) in [5, 5.41) is 3.24. The number of nitrogens with one attached hydrogen (secondary N) is 1. The zero-order valence-corrected chi connectivity index (χ0v) is 13.0. The highest BCUT2D eigenvalue weighted by molar-refractivity contribution is 6.39. The molecule has 1 saturated heterocycles. The van der Waals surface area contributed by atoms with Crippen molar-refractivity contribution in [3.05, 3.63) is 22.2 Å². The highest BCUT2D eigenvalue weighted by atomic mass is 35.5. The Morgan fingerprint density at radius 2 is 1.90 bits per heavy atom. The first-order valence-electron chi connectivity index (χ1n) is 6.79. The zero-order chi connectivity index (χ0) is 15.4. The number of amides is 2. The maximum Gasteiger partial charge on any atom is 0.243 e. The number of likely N-dealkylation sites (tertiary alicyclic amines) is 1. The van der Waals surface area contributed by atoms with Crippen LogP contribution < -0.4 is 11.1 Å². The minimum Gasteiger partial charge on any atom is -0.396 e. The van der Waals surface area contributed by atoms with Crippen molar-refractivity contribution in [2.75, 3.05) is 24.1 Å². The van der Waals surface area contributed by atoms with Crippen LogP contribution in [0.15, 0.2) is 12.1 Å². The molecule has 7 heteroatoms. The van der Waals surface area contributed by atoms with Gasteiger partial charge in [0.2, 0.25) is 11.8 Å². The van der Waals surface area contributed by atoms with Crippen LogP contribution in [-0.2, 0) is 9.59 Å². The molecule has 5 nitrogen and oxygen atoms in total. The molecule has 114 valence electrons. The lowest BCUT2D eigenvalue weighted by molar-refractivity contribution is -0.134. The molecule has 1 aromatic carbocycles. The maximum absolute atomic E-state index is 12.0. The van der Waals surface area contributed by atoms with E-state index in [4.69, 9.17) is 28.9 Å². The Bertz CT molecular complexity index is 540. The van der Waals surface area contributed by atoms with Crippen molar-refractivity contribution in [2.45, 2.75) is 25.7 Å². The van der Waals surface area contributed by atoms with Gasteiger partial charge in [-0.05, 0) is 25.0 Å². The van der Waals surface area contributed by atoms with Gasteiger partial charge in [0.15, 0.2) is 0 Å². The summed E-state index contributed by atoms with van der Waals surface area (Å²) in [6, 6.07) is 3.07. The summed E-state index contributed by atoms with van der Waals surface area (Å²) in [7, 11) is 0. The predicted octanol–water partition coefficient (Wildman–Crippen LogP) is 2.92. The second-order valence-electron chi connectivity index (χ2n) is 5.03. The van der Waals surface area contributed by atoms with Gasteiger partial charge in [-0.15, -0.1) is 0 Å². The number of nitrogens with zero attached hydrogens (tertiary/aromatic N) is 1. The first kappa shape index (κ1) is 15.9. The molecule has 0 bridgehead atoms. The molecule has 0 unspecified atom stereocenters. The van der Waals surface area contributed by atoms with Crippen molar-refractivity contribution >= 4 is 46.4 Å². The highest BCUT2D eigenvalue weighted by Gasteiger charge is 2.19. The Labute approximate surface area is 133 Å². The number of nitrogen functional groups attached to an aromatic ring is 1. The minimum atomic E-state index is -0.276. The number of hydrogen-bond acceptors (Lipinski definition) is 3. The quantitative estimate of drug-likeness (QED) is 0.837. The van der Waals surface area contributed by atoms with Crippen molar-refractivity contribution in [2.24, 2.45) is 0 Å². The van der Waals surface area contributed by atoms with Crippen molar-refractivity contribution in [3.8, 4) is 0 Å². The molecule has 0 atom stereocenters. The number of anilines is 2. The van der Waals surface area contributed by atoms with Crippen LogP contribution in [0.2, 0.25) is 10.0 Å². The second kappa shape index (κ2) is 7.00. The van der Waals surface area contributed by atoms with Crippen LogP contribution in [0.25, 0.3) is 0 Å². The summed E-state index contributed by atoms with van der Waals surface area (Å²) in [5.74, 6) is -0.252. The van der Waals surface area contributed by atoms with E-state index in [0.29, 0.717) is 18.7 Å². The molecule has 3 N–H and O–H groups in total. The third-order valence-corrected chi connectivity index (χ3v) is 3.99. The SMILES string of the molecule is Nc1c(Cl)cc(NC(=O)CN2CCCCCC2=O)cc1Cl. The van der Waals surface area contributed by atoms with Crippen LogP contribution in [0, 0.1) is 0 Å². The molecule has 1 aliphatic heterocycles. The lowest BCUT2D eigenvalue weighted by Crippen LogP contribution is -2.37. The van der Waals surface area contributed by atoms with Gasteiger partial charge in [0.25, 0.3) is 0 Å². The average Bonchev–Trinajstić information content (AvgIpc) is 2.61. The van der Waals surface area contributed by atoms with E-state index in [-0.39, 0.29) is 34.1 Å². The van der Waals surface area contributed by atoms with Gasteiger partial charge in [-0.25, -0.2) is 0 Å². The van der Waals surface area contributed by atoms with E-state index < -0.39 is 0 Å². The van der Waals surface area contributed by atoms with E-state index in [1.165, 1.54) is 12.1 Å². The Kier molecular flexibility index (Phi) is 5.31. The fraction of sp³-hybridized carbons (Fsp3) is 0.429. The van der Waals surface area contributed by atoms with E-state index >= 15 is 0 Å². The molecule has 0 aliphatic carbocycles. The van der Waals surface area contributed by atoms with Gasteiger partial charge >= 0.3 is 0 Å². The molecule has 2 rings (SSSR count). The van der Waals surface area contributed by atoms with E-state index in [9.17, 15) is 9.59 Å². The van der Waals surface area contributed by atoms with E-state index in [1.807, 2.05) is 0 Å². The number of carbonyl (C=O) groups is 2. The molecule has 21 heavy (non-hydrogen) atoms. The molecule has 1 fully saturated rings. The maximum atomic E-state index is 12.0. The van der Waals surface area contributed by atoms with Gasteiger partial charge in [0.05, 0.1) is 22.3 Å². The predicted molar refractivity (Wildman–Crippen MR) is 84.6 cm³/mol. The largest absolute Gasteiger partial charge is 0.396 e. The van der Waals surface area contributed by atoms with Gasteiger partial charge < -0.3 is 16.0 Å². The molecule has 0 radical (unpaired) electrons. The summed E-state index contributed by atoms with van der Waals surface area (Å²) < 4.78 is 0. The molecule has 0 saturated carbocycles. The van der Waals surface area contributed by atoms with Crippen LogP contribution in [0.1, 0.15) is 25.7 Å². The Morgan fingerprint density at radius 1 is 1.24 bits per heavy atom. The Balaban J connectivity index is 1.99. The standard InChI is InChI=1S/C14H17Cl2N3O2/c15-10-6-9(7-11(16)14(10)17)18-12(20)8-19-5-3-1-2-4-13(19)21/h6-7H,1-5,8,17H2,(H,18,20). The monoisotopic (exact) mass is 329 g/mol. The van der Waals surface area contributed by atoms with Crippen molar-refractivity contribution in [3.63, 3.8) is 0 Å². The number of nitrogens with two attached hydrogens (primary N) is 1. The first-order chi connectivity index (χ1) is 9.97. The van der Waals surface area contributed by atoms with Gasteiger partial charge in [0.1, 0.15) is 0 Å². The van der Waals surface area contributed by atoms with E-state index in [2.05, 4.69) is 5.32 Å². The van der Waals surface area contributed by atoms with Gasteiger partial charge in [0, 0.05) is 18.7 Å². The lowest BCUT2D eigenvalue weighted by Gasteiger charge is -2.20. The van der Waals surface area contributed by atoms with Crippen LogP contribution in [-0.4, -0.2) is 29.8 Å². The van der Waals surface area contributed by atoms with Crippen molar-refractivity contribution in [1.29, 1.82) is 0 Å². The molecule has 1 aliphatic rings. The average molecular weight is 330 g/mol. The highest BCUT2D eigenvalue weighted by Crippen LogP contribution is 2.31. The van der Waals surface area contributed by atoms with Crippen LogP contribution in [0.3, 0.4) is 0 Å². The van der Waals surface area contributed by atoms with Gasteiger partial charge in [-0.3, -0.25) is 9.59 Å². The molecule has 1 heterocycles. The number of hydrogen-bond donors (Lipinski definition) is 2. The fourth-order valence-corrected chi connectivity index (χ4v) is 2.72. The molecule has 0 spiro atoms. The smallest absolute Gasteiger partial charge is 0.243 e. The van der Waals surface area contributed by atoms with Crippen LogP contribution in [0.4, 0.5) is 11.4 Å². The Morgan fingerprint density at radius 3 is 2.57 bits per heavy atom. The summed E-state index contributed by atoms with van der Waals surface area (Å²) in [6.45, 7) is 0.661. The van der Waals surface area contributed by atoms with Gasteiger partial charge in [-0.1, -0.05) is 29.6 Å². The van der Waals surface area contributed by atoms with Crippen LogP contribution in [0.5, 0.6) is 0 Å². The summed E-state index contributed by atoms with van der Waals surface area (Å²) in [6.07, 6.45) is 3.35. The molecule has 2 amide bonds. The van der Waals surface area contributed by atoms with Crippen molar-refractivity contribution in [1.82, 2.24) is 4.90 Å². The third kappa shape index (κ3) is 4.25. The van der Waals surface area contributed by atoms with Crippen molar-refractivity contribution < 1.29 is 9.59 Å². The summed E-state index contributed by atoms with van der Waals surface area (Å²) in [5.41, 5.74) is 6.38. The second-order valence-corrected chi connectivity index (χ2v) is 5.84. The number of rotatable bonds is 3. The molecular formula is C14H17Cl2N3O2. The van der Waals surface area contributed by atoms with E-state index in [1.54, 1.807) is 4.90 Å². The topological polar surface area (TPSA) is 75.4 Å². The van der Waals surface area contributed by atoms with E-state index in [0.717, 1.165) is 19.3 Å². The first-order valence-corrected chi connectivity index (χ1v) is 7.55. The number of halogens is 2. The van der Waals surface area contributed by atoms with Crippen LogP contribution >= 0.6 is 23.2 Å². The zero-order valence-electron chi connectivity index (χ0n) is 11.5. The van der Waals surface area contributed by atoms with Gasteiger partial charge in [-0.2, -0.15) is 0 Å².